The van der Waals surface area contributed by atoms with Gasteiger partial charge < -0.3 is 4.85 Å². The predicted octanol–water partition coefficient (Wildman–Crippen LogP) is 1.57. The van der Waals surface area contributed by atoms with Crippen molar-refractivity contribution >= 4 is 28.4 Å². The lowest BCUT2D eigenvalue weighted by Crippen LogP contribution is -1.64. The predicted molar refractivity (Wildman–Crippen MR) is 37.6 cm³/mol. The molecule has 0 amide bonds. The van der Waals surface area contributed by atoms with E-state index in [1.165, 1.54) is 0 Å². The van der Waals surface area contributed by atoms with Gasteiger partial charge in [-0.05, 0) is 28.7 Å². The van der Waals surface area contributed by atoms with Crippen LogP contribution in [0, 0.1) is 10.3 Å². The number of H-pyrrole nitrogens is 1. The topological polar surface area (TPSA) is 33.0 Å². The van der Waals surface area contributed by atoms with Crippen molar-refractivity contribution in [3.05, 3.63) is 21.2 Å². The van der Waals surface area contributed by atoms with Gasteiger partial charge in [-0.3, -0.25) is 0 Å². The average molecular weight is 219 g/mol. The summed E-state index contributed by atoms with van der Waals surface area (Å²) in [5.41, 5.74) is 0. The van der Waals surface area contributed by atoms with Crippen molar-refractivity contribution in [3.63, 3.8) is 0 Å². The lowest BCUT2D eigenvalue weighted by atomic mass is 10.7. The summed E-state index contributed by atoms with van der Waals surface area (Å²) in [6.07, 6.45) is 0. The van der Waals surface area contributed by atoms with E-state index in [4.69, 9.17) is 6.57 Å². The maximum absolute atomic E-state index is 6.51. The van der Waals surface area contributed by atoms with Crippen LogP contribution in [0.1, 0.15) is 0 Å². The fourth-order valence-electron chi connectivity index (χ4n) is 0.345. The molecule has 0 aliphatic rings. The summed E-state index contributed by atoms with van der Waals surface area (Å²) < 4.78 is 0.827. The third-order valence-corrected chi connectivity index (χ3v) is 1.21. The highest BCUT2D eigenvalue weighted by Gasteiger charge is 1.92. The Kier molecular flexibility index (Phi) is 1.48. The summed E-state index contributed by atoms with van der Waals surface area (Å²) in [4.78, 5) is 3.12. The molecule has 0 saturated carbocycles. The summed E-state index contributed by atoms with van der Waals surface area (Å²) in [6, 6.07) is 1.69. The first kappa shape index (κ1) is 5.56. The van der Waals surface area contributed by atoms with Gasteiger partial charge in [0.25, 0.3) is 5.82 Å². The third-order valence-electron chi connectivity index (χ3n) is 0.654. The standard InChI is InChI=1S/C4H2IN3/c1-6-4-2-3(5)7-8-4/h2H,(H,7,8). The molecular formula is C4H2IN3. The van der Waals surface area contributed by atoms with Gasteiger partial charge in [-0.2, -0.15) is 0 Å². The Balaban J connectivity index is 3.05. The Hall–Kier alpha value is -0.570. The minimum Gasteiger partial charge on any atom is -0.362 e. The van der Waals surface area contributed by atoms with E-state index in [2.05, 4.69) is 15.0 Å². The molecule has 1 heterocycles. The zero-order valence-electron chi connectivity index (χ0n) is 3.85. The zero-order valence-corrected chi connectivity index (χ0v) is 6.01. The Morgan fingerprint density at radius 2 is 2.62 bits per heavy atom. The Morgan fingerprint density at radius 3 is 2.88 bits per heavy atom. The molecule has 8 heavy (non-hydrogen) atoms. The highest BCUT2D eigenvalue weighted by Crippen LogP contribution is 2.09. The molecule has 0 atom stereocenters. The molecule has 0 saturated heterocycles. The largest absolute Gasteiger partial charge is 0.362 e. The molecule has 0 aliphatic heterocycles. The van der Waals surface area contributed by atoms with Crippen molar-refractivity contribution in [1.82, 2.24) is 10.2 Å². The molecule has 0 spiro atoms. The first-order chi connectivity index (χ1) is 3.83. The number of rotatable bonds is 0. The minimum atomic E-state index is 0.495. The number of nitrogens with zero attached hydrogens (tertiary/aromatic N) is 2. The van der Waals surface area contributed by atoms with Crippen molar-refractivity contribution in [3.8, 4) is 0 Å². The van der Waals surface area contributed by atoms with Gasteiger partial charge in [0.2, 0.25) is 0 Å². The van der Waals surface area contributed by atoms with Gasteiger partial charge in [0.1, 0.15) is 3.70 Å². The van der Waals surface area contributed by atoms with Gasteiger partial charge in [0.15, 0.2) is 0 Å². The van der Waals surface area contributed by atoms with Crippen molar-refractivity contribution in [2.75, 3.05) is 0 Å². The Morgan fingerprint density at radius 1 is 1.88 bits per heavy atom. The first-order valence-electron chi connectivity index (χ1n) is 1.91. The van der Waals surface area contributed by atoms with Gasteiger partial charge in [-0.1, -0.05) is 11.7 Å². The van der Waals surface area contributed by atoms with Gasteiger partial charge in [-0.25, -0.2) is 5.10 Å². The smallest absolute Gasteiger partial charge is 0.250 e. The molecule has 1 aromatic heterocycles. The molecule has 3 nitrogen and oxygen atoms in total. The third kappa shape index (κ3) is 0.980. The van der Waals surface area contributed by atoms with Crippen LogP contribution in [0.2, 0.25) is 0 Å². The molecule has 1 rings (SSSR count). The number of hydrogen-bond acceptors (Lipinski definition) is 1. The number of aromatic amines is 1. The Bertz CT molecular complexity index is 221. The molecule has 4 heteroatoms. The lowest BCUT2D eigenvalue weighted by molar-refractivity contribution is 1.08. The van der Waals surface area contributed by atoms with Crippen LogP contribution in [-0.4, -0.2) is 10.2 Å². The fourth-order valence-corrected chi connectivity index (χ4v) is 0.761. The SMILES string of the molecule is [C-]#[N+]c1cc(I)n[nH]1. The molecule has 0 aromatic carbocycles. The summed E-state index contributed by atoms with van der Waals surface area (Å²) >= 11 is 2.04. The molecule has 0 aliphatic carbocycles. The van der Waals surface area contributed by atoms with Gasteiger partial charge >= 0.3 is 0 Å². The maximum atomic E-state index is 6.51. The first-order valence-corrected chi connectivity index (χ1v) is 2.99. The quantitative estimate of drug-likeness (QED) is 0.521. The summed E-state index contributed by atoms with van der Waals surface area (Å²) in [6.45, 7) is 6.51. The summed E-state index contributed by atoms with van der Waals surface area (Å²) in [5.74, 6) is 0.495. The van der Waals surface area contributed by atoms with E-state index in [1.807, 2.05) is 22.6 Å². The maximum Gasteiger partial charge on any atom is 0.250 e. The number of hydrogen-bond donors (Lipinski definition) is 1. The van der Waals surface area contributed by atoms with Crippen LogP contribution in [-0.2, 0) is 0 Å². The van der Waals surface area contributed by atoms with E-state index in [0.717, 1.165) is 3.70 Å². The Labute approximate surface area is 60.1 Å². The zero-order chi connectivity index (χ0) is 5.98. The summed E-state index contributed by atoms with van der Waals surface area (Å²) in [7, 11) is 0. The van der Waals surface area contributed by atoms with Crippen LogP contribution in [0.4, 0.5) is 5.82 Å². The number of halogens is 1. The van der Waals surface area contributed by atoms with E-state index < -0.39 is 0 Å². The molecule has 0 unspecified atom stereocenters. The van der Waals surface area contributed by atoms with E-state index in [-0.39, 0.29) is 0 Å². The van der Waals surface area contributed by atoms with Gasteiger partial charge in [-0.15, -0.1) is 0 Å². The van der Waals surface area contributed by atoms with Gasteiger partial charge in [0.05, 0.1) is 0 Å². The van der Waals surface area contributed by atoms with E-state index in [9.17, 15) is 0 Å². The molecule has 0 bridgehead atoms. The van der Waals surface area contributed by atoms with Crippen LogP contribution in [0.5, 0.6) is 0 Å². The molecule has 1 N–H and O–H groups in total. The van der Waals surface area contributed by atoms with Crippen LogP contribution in [0.15, 0.2) is 6.07 Å². The van der Waals surface area contributed by atoms with E-state index in [0.29, 0.717) is 5.82 Å². The second-order valence-electron chi connectivity index (χ2n) is 1.19. The fraction of sp³-hybridized carbons (Fsp3) is 0. The van der Waals surface area contributed by atoms with Crippen molar-refractivity contribution in [2.24, 2.45) is 0 Å². The molecule has 0 radical (unpaired) electrons. The van der Waals surface area contributed by atoms with E-state index in [1.54, 1.807) is 6.07 Å². The highest BCUT2D eigenvalue weighted by atomic mass is 127. The van der Waals surface area contributed by atoms with Crippen LogP contribution >= 0.6 is 22.6 Å². The number of nitrogens with one attached hydrogen (secondary N) is 1. The molecule has 40 valence electrons. The van der Waals surface area contributed by atoms with Crippen molar-refractivity contribution < 1.29 is 0 Å². The van der Waals surface area contributed by atoms with Crippen LogP contribution in [0.25, 0.3) is 4.85 Å². The van der Waals surface area contributed by atoms with Crippen LogP contribution in [0.3, 0.4) is 0 Å². The van der Waals surface area contributed by atoms with Crippen molar-refractivity contribution in [2.45, 2.75) is 0 Å². The lowest BCUT2D eigenvalue weighted by Gasteiger charge is -1.69. The van der Waals surface area contributed by atoms with E-state index >= 15 is 0 Å². The molecular weight excluding hydrogens is 217 g/mol. The average Bonchev–Trinajstić information content (AvgIpc) is 2.14. The monoisotopic (exact) mass is 219 g/mol. The second kappa shape index (κ2) is 2.13. The summed E-state index contributed by atoms with van der Waals surface area (Å²) in [5, 5.41) is 6.28. The highest BCUT2D eigenvalue weighted by molar-refractivity contribution is 14.1. The molecule has 1 aromatic rings. The second-order valence-corrected chi connectivity index (χ2v) is 2.29. The van der Waals surface area contributed by atoms with Gasteiger partial charge in [0, 0.05) is 0 Å². The van der Waals surface area contributed by atoms with Crippen LogP contribution < -0.4 is 0 Å². The molecule has 0 fully saturated rings. The minimum absolute atomic E-state index is 0.495. The normalized spacial score (nSPS) is 8.50. The van der Waals surface area contributed by atoms with Crippen molar-refractivity contribution in [1.29, 1.82) is 0 Å². The number of aromatic nitrogens is 2.